The van der Waals surface area contributed by atoms with Gasteiger partial charge in [-0.25, -0.2) is 4.79 Å². The second kappa shape index (κ2) is 2.72. The van der Waals surface area contributed by atoms with Gasteiger partial charge < -0.3 is 4.74 Å². The summed E-state index contributed by atoms with van der Waals surface area (Å²) in [6.45, 7) is 7.56. The summed E-state index contributed by atoms with van der Waals surface area (Å²) in [6.07, 6.45) is 5.98. The third kappa shape index (κ3) is 1.05. The molecule has 0 N–H and O–H groups in total. The fraction of sp³-hybridized carbons (Fsp3) is 0.545. The fourth-order valence-corrected chi connectivity index (χ4v) is 2.43. The Kier molecular flexibility index (Phi) is 1.79. The Labute approximate surface area is 78.3 Å². The topological polar surface area (TPSA) is 26.3 Å². The van der Waals surface area contributed by atoms with Crippen molar-refractivity contribution in [2.45, 2.75) is 31.3 Å². The molecule has 2 heteroatoms. The van der Waals surface area contributed by atoms with E-state index < -0.39 is 5.60 Å². The molecule has 2 fully saturated rings. The van der Waals surface area contributed by atoms with E-state index in [9.17, 15) is 4.79 Å². The number of carbonyl (C=O) groups excluding carboxylic acids is 1. The molecule has 1 saturated carbocycles. The van der Waals surface area contributed by atoms with Crippen LogP contribution in [0.15, 0.2) is 24.8 Å². The molecule has 2 nitrogen and oxygen atoms in total. The molecular weight excluding hydrogens is 164 g/mol. The highest BCUT2D eigenvalue weighted by atomic mass is 16.6. The first-order valence-corrected chi connectivity index (χ1v) is 4.75. The molecule has 2 atom stereocenters. The lowest BCUT2D eigenvalue weighted by Crippen LogP contribution is -2.36. The molecule has 0 aromatic carbocycles. The van der Waals surface area contributed by atoms with Crippen molar-refractivity contribution >= 4 is 5.97 Å². The average Bonchev–Trinajstić information content (AvgIpc) is 2.41. The second-order valence-electron chi connectivity index (χ2n) is 3.87. The Balaban J connectivity index is 2.36. The first kappa shape index (κ1) is 8.54. The molecule has 0 bridgehead atoms. The van der Waals surface area contributed by atoms with Crippen molar-refractivity contribution in [1.29, 1.82) is 0 Å². The van der Waals surface area contributed by atoms with Gasteiger partial charge in [-0.1, -0.05) is 19.6 Å². The SMILES string of the molecule is C=C[C@]12CCCC[C@H]1C(=C)C(=O)O2. The van der Waals surface area contributed by atoms with Crippen molar-refractivity contribution in [3.8, 4) is 0 Å². The summed E-state index contributed by atoms with van der Waals surface area (Å²) in [4.78, 5) is 11.3. The molecule has 0 aromatic heterocycles. The van der Waals surface area contributed by atoms with E-state index in [4.69, 9.17) is 4.74 Å². The number of carbonyl (C=O) groups is 1. The van der Waals surface area contributed by atoms with Gasteiger partial charge in [0.05, 0.1) is 0 Å². The highest BCUT2D eigenvalue weighted by molar-refractivity contribution is 5.91. The minimum absolute atomic E-state index is 0.186. The van der Waals surface area contributed by atoms with E-state index in [1.54, 1.807) is 6.08 Å². The summed E-state index contributed by atoms with van der Waals surface area (Å²) >= 11 is 0. The minimum atomic E-state index is -0.410. The zero-order valence-electron chi connectivity index (χ0n) is 7.71. The maximum atomic E-state index is 11.3. The summed E-state index contributed by atoms with van der Waals surface area (Å²) in [5, 5.41) is 0. The smallest absolute Gasteiger partial charge is 0.334 e. The third-order valence-electron chi connectivity index (χ3n) is 3.21. The molecule has 1 aliphatic heterocycles. The molecule has 13 heavy (non-hydrogen) atoms. The van der Waals surface area contributed by atoms with E-state index in [0.29, 0.717) is 5.57 Å². The van der Waals surface area contributed by atoms with Gasteiger partial charge in [-0.05, 0) is 25.3 Å². The number of hydrogen-bond acceptors (Lipinski definition) is 2. The maximum absolute atomic E-state index is 11.3. The standard InChI is InChI=1S/C11H14O2/c1-3-11-7-5-4-6-9(11)8(2)10(12)13-11/h3,9H,1-2,4-7H2/t9-,11-/m0/s1. The summed E-state index contributed by atoms with van der Waals surface area (Å²) in [5.74, 6) is -0.0435. The highest BCUT2D eigenvalue weighted by Crippen LogP contribution is 2.46. The van der Waals surface area contributed by atoms with Crippen LogP contribution in [0.1, 0.15) is 25.7 Å². The van der Waals surface area contributed by atoms with Crippen molar-refractivity contribution in [2.24, 2.45) is 5.92 Å². The predicted octanol–water partition coefficient (Wildman–Crippen LogP) is 2.21. The van der Waals surface area contributed by atoms with E-state index in [0.717, 1.165) is 25.7 Å². The van der Waals surface area contributed by atoms with Gasteiger partial charge >= 0.3 is 5.97 Å². The van der Waals surface area contributed by atoms with Gasteiger partial charge in [-0.15, -0.1) is 0 Å². The first-order chi connectivity index (χ1) is 6.19. The lowest BCUT2D eigenvalue weighted by atomic mass is 9.74. The Morgan fingerprint density at radius 2 is 2.31 bits per heavy atom. The summed E-state index contributed by atoms with van der Waals surface area (Å²) in [5.41, 5.74) is 0.228. The van der Waals surface area contributed by atoms with Crippen LogP contribution in [0.2, 0.25) is 0 Å². The quantitative estimate of drug-likeness (QED) is 0.349. The van der Waals surface area contributed by atoms with Gasteiger partial charge in [0.15, 0.2) is 0 Å². The molecule has 0 radical (unpaired) electrons. The first-order valence-electron chi connectivity index (χ1n) is 4.75. The van der Waals surface area contributed by atoms with Crippen LogP contribution in [0.4, 0.5) is 0 Å². The molecule has 1 aliphatic carbocycles. The zero-order chi connectivity index (χ0) is 9.47. The third-order valence-corrected chi connectivity index (χ3v) is 3.21. The van der Waals surface area contributed by atoms with Gasteiger partial charge in [0, 0.05) is 11.5 Å². The molecular formula is C11H14O2. The molecule has 0 amide bonds. The lowest BCUT2D eigenvalue weighted by Gasteiger charge is -2.34. The lowest BCUT2D eigenvalue weighted by molar-refractivity contribution is -0.145. The van der Waals surface area contributed by atoms with E-state index in [-0.39, 0.29) is 11.9 Å². The molecule has 0 unspecified atom stereocenters. The highest BCUT2D eigenvalue weighted by Gasteiger charge is 2.50. The zero-order valence-corrected chi connectivity index (χ0v) is 7.71. The molecule has 1 saturated heterocycles. The van der Waals surface area contributed by atoms with Crippen LogP contribution in [-0.2, 0) is 9.53 Å². The van der Waals surface area contributed by atoms with Gasteiger partial charge in [0.2, 0.25) is 0 Å². The maximum Gasteiger partial charge on any atom is 0.334 e. The summed E-state index contributed by atoms with van der Waals surface area (Å²) < 4.78 is 5.36. The van der Waals surface area contributed by atoms with E-state index >= 15 is 0 Å². The van der Waals surface area contributed by atoms with Crippen LogP contribution in [0.3, 0.4) is 0 Å². The Morgan fingerprint density at radius 3 is 2.92 bits per heavy atom. The van der Waals surface area contributed by atoms with Gasteiger partial charge in [-0.2, -0.15) is 0 Å². The predicted molar refractivity (Wildman–Crippen MR) is 50.1 cm³/mol. The Hall–Kier alpha value is -1.05. The van der Waals surface area contributed by atoms with Crippen molar-refractivity contribution in [2.75, 3.05) is 0 Å². The van der Waals surface area contributed by atoms with Crippen LogP contribution in [-0.4, -0.2) is 11.6 Å². The fourth-order valence-electron chi connectivity index (χ4n) is 2.43. The molecule has 1 heterocycles. The normalized spacial score (nSPS) is 38.3. The van der Waals surface area contributed by atoms with E-state index in [1.807, 2.05) is 0 Å². The second-order valence-corrected chi connectivity index (χ2v) is 3.87. The minimum Gasteiger partial charge on any atom is -0.451 e. The van der Waals surface area contributed by atoms with Crippen molar-refractivity contribution in [1.82, 2.24) is 0 Å². The summed E-state index contributed by atoms with van der Waals surface area (Å²) in [7, 11) is 0. The van der Waals surface area contributed by atoms with Crippen LogP contribution in [0.5, 0.6) is 0 Å². The Morgan fingerprint density at radius 1 is 1.54 bits per heavy atom. The number of hydrogen-bond donors (Lipinski definition) is 0. The van der Waals surface area contributed by atoms with Crippen LogP contribution < -0.4 is 0 Å². The van der Waals surface area contributed by atoms with Crippen molar-refractivity contribution in [3.63, 3.8) is 0 Å². The average molecular weight is 178 g/mol. The molecule has 70 valence electrons. The monoisotopic (exact) mass is 178 g/mol. The van der Waals surface area contributed by atoms with Crippen LogP contribution in [0, 0.1) is 5.92 Å². The largest absolute Gasteiger partial charge is 0.451 e. The van der Waals surface area contributed by atoms with Gasteiger partial charge in [0.1, 0.15) is 5.60 Å². The van der Waals surface area contributed by atoms with Gasteiger partial charge in [0.25, 0.3) is 0 Å². The molecule has 2 aliphatic rings. The molecule has 2 rings (SSSR count). The molecule has 0 spiro atoms. The number of fused-ring (bicyclic) bond motifs is 1. The van der Waals surface area contributed by atoms with E-state index in [1.165, 1.54) is 0 Å². The number of rotatable bonds is 1. The van der Waals surface area contributed by atoms with Crippen LogP contribution >= 0.6 is 0 Å². The Bertz CT molecular complexity index is 280. The number of ether oxygens (including phenoxy) is 1. The van der Waals surface area contributed by atoms with Crippen molar-refractivity contribution in [3.05, 3.63) is 24.8 Å². The van der Waals surface area contributed by atoms with Crippen LogP contribution in [0.25, 0.3) is 0 Å². The number of esters is 1. The summed E-state index contributed by atoms with van der Waals surface area (Å²) in [6, 6.07) is 0. The molecule has 0 aromatic rings. The van der Waals surface area contributed by atoms with Crippen molar-refractivity contribution < 1.29 is 9.53 Å². The van der Waals surface area contributed by atoms with E-state index in [2.05, 4.69) is 13.2 Å². The van der Waals surface area contributed by atoms with Gasteiger partial charge in [-0.3, -0.25) is 0 Å².